The van der Waals surface area contributed by atoms with Gasteiger partial charge in [-0.25, -0.2) is 0 Å². The molecule has 0 bridgehead atoms. The van der Waals surface area contributed by atoms with Crippen LogP contribution in [0.3, 0.4) is 0 Å². The molecule has 1 unspecified atom stereocenters. The van der Waals surface area contributed by atoms with Gasteiger partial charge >= 0.3 is 0 Å². The third-order valence-corrected chi connectivity index (χ3v) is 6.05. The molecule has 1 amide bonds. The number of hydrogen-bond donors (Lipinski definition) is 0. The lowest BCUT2D eigenvalue weighted by Crippen LogP contribution is -2.38. The largest absolute Gasteiger partial charge is 0.337 e. The highest BCUT2D eigenvalue weighted by molar-refractivity contribution is 5.94. The minimum atomic E-state index is 0.0920. The highest BCUT2D eigenvalue weighted by Gasteiger charge is 2.54. The molecule has 3 heterocycles. The van der Waals surface area contributed by atoms with Crippen LogP contribution in [0.15, 0.2) is 30.9 Å². The Hall–Kier alpha value is -2.24. The summed E-state index contributed by atoms with van der Waals surface area (Å²) >= 11 is 0. The lowest BCUT2D eigenvalue weighted by Gasteiger charge is -2.42. The van der Waals surface area contributed by atoms with E-state index in [0.29, 0.717) is 17.5 Å². The van der Waals surface area contributed by atoms with Gasteiger partial charge in [-0.2, -0.15) is 0 Å². The van der Waals surface area contributed by atoms with Crippen LogP contribution in [0, 0.1) is 5.41 Å². The van der Waals surface area contributed by atoms with E-state index in [-0.39, 0.29) is 11.3 Å². The van der Waals surface area contributed by atoms with Gasteiger partial charge in [-0.3, -0.25) is 9.78 Å². The molecule has 6 heteroatoms. The number of amides is 1. The summed E-state index contributed by atoms with van der Waals surface area (Å²) in [5.74, 6) is 1.50. The Morgan fingerprint density at radius 1 is 1.29 bits per heavy atom. The van der Waals surface area contributed by atoms with Crippen LogP contribution in [0.5, 0.6) is 0 Å². The summed E-state index contributed by atoms with van der Waals surface area (Å²) in [7, 11) is 0. The number of aromatic nitrogens is 4. The van der Waals surface area contributed by atoms with Crippen LogP contribution in [0.2, 0.25) is 0 Å². The van der Waals surface area contributed by atoms with Crippen molar-refractivity contribution in [1.29, 1.82) is 0 Å². The molecule has 2 aromatic rings. The van der Waals surface area contributed by atoms with Crippen LogP contribution in [-0.2, 0) is 0 Å². The monoisotopic (exact) mass is 323 g/mol. The summed E-state index contributed by atoms with van der Waals surface area (Å²) in [6.07, 6.45) is 11.3. The normalized spacial score (nSPS) is 25.0. The zero-order valence-corrected chi connectivity index (χ0v) is 13.6. The highest BCUT2D eigenvalue weighted by atomic mass is 16.2. The third-order valence-electron chi connectivity index (χ3n) is 6.05. The molecule has 1 atom stereocenters. The first-order valence-corrected chi connectivity index (χ1v) is 8.86. The zero-order chi connectivity index (χ0) is 16.1. The quantitative estimate of drug-likeness (QED) is 0.870. The summed E-state index contributed by atoms with van der Waals surface area (Å²) in [4.78, 5) is 19.0. The Kier molecular flexibility index (Phi) is 3.02. The molecular weight excluding hydrogens is 302 g/mol. The zero-order valence-electron chi connectivity index (χ0n) is 13.6. The first-order chi connectivity index (χ1) is 11.8. The van der Waals surface area contributed by atoms with Crippen molar-refractivity contribution in [3.63, 3.8) is 0 Å². The van der Waals surface area contributed by atoms with Crippen molar-refractivity contribution >= 4 is 5.91 Å². The maximum absolute atomic E-state index is 12.9. The van der Waals surface area contributed by atoms with Crippen molar-refractivity contribution in [2.75, 3.05) is 13.1 Å². The fraction of sp³-hybridized carbons (Fsp3) is 0.556. The predicted molar refractivity (Wildman–Crippen MR) is 87.5 cm³/mol. The molecule has 0 radical (unpaired) electrons. The summed E-state index contributed by atoms with van der Waals surface area (Å²) in [5.41, 5.74) is 0.883. The summed E-state index contributed by atoms with van der Waals surface area (Å²) in [6, 6.07) is 4.25. The fourth-order valence-corrected chi connectivity index (χ4v) is 4.42. The Balaban J connectivity index is 1.45. The lowest BCUT2D eigenvalue weighted by atomic mass is 9.62. The van der Waals surface area contributed by atoms with E-state index in [1.807, 2.05) is 23.4 Å². The Bertz CT molecular complexity index is 763. The second-order valence-corrected chi connectivity index (χ2v) is 7.52. The molecule has 1 spiro atoms. The first-order valence-electron chi connectivity index (χ1n) is 8.86. The second kappa shape index (κ2) is 5.13. The van der Waals surface area contributed by atoms with Crippen molar-refractivity contribution in [3.05, 3.63) is 42.2 Å². The fourth-order valence-electron chi connectivity index (χ4n) is 4.42. The Morgan fingerprint density at radius 3 is 2.83 bits per heavy atom. The number of rotatable bonds is 3. The van der Waals surface area contributed by atoms with Crippen molar-refractivity contribution < 1.29 is 4.79 Å². The van der Waals surface area contributed by atoms with E-state index in [0.717, 1.165) is 18.9 Å². The van der Waals surface area contributed by atoms with E-state index in [2.05, 4.69) is 19.7 Å². The number of nitrogens with zero attached hydrogens (tertiary/aromatic N) is 5. The van der Waals surface area contributed by atoms with E-state index in [4.69, 9.17) is 0 Å². The third kappa shape index (κ3) is 2.08. The molecule has 2 saturated carbocycles. The van der Waals surface area contributed by atoms with Crippen LogP contribution in [0.25, 0.3) is 0 Å². The van der Waals surface area contributed by atoms with Crippen molar-refractivity contribution in [3.8, 4) is 0 Å². The lowest BCUT2D eigenvalue weighted by molar-refractivity contribution is 0.0723. The maximum Gasteiger partial charge on any atom is 0.255 e. The van der Waals surface area contributed by atoms with Gasteiger partial charge in [-0.05, 0) is 43.2 Å². The first kappa shape index (κ1) is 14.1. The number of carbonyl (C=O) groups excluding carboxylic acids is 1. The van der Waals surface area contributed by atoms with Crippen LogP contribution >= 0.6 is 0 Å². The summed E-state index contributed by atoms with van der Waals surface area (Å²) in [5, 5.41) is 8.65. The molecule has 3 fully saturated rings. The molecule has 2 aromatic heterocycles. The van der Waals surface area contributed by atoms with E-state index in [1.54, 1.807) is 12.4 Å². The van der Waals surface area contributed by atoms with E-state index >= 15 is 0 Å². The van der Waals surface area contributed by atoms with Gasteiger partial charge in [0.25, 0.3) is 5.91 Å². The molecule has 24 heavy (non-hydrogen) atoms. The molecule has 124 valence electrons. The topological polar surface area (TPSA) is 63.9 Å². The van der Waals surface area contributed by atoms with Gasteiger partial charge in [0.15, 0.2) is 0 Å². The number of pyridine rings is 1. The number of likely N-dealkylation sites (tertiary alicyclic amines) is 1. The van der Waals surface area contributed by atoms with Gasteiger partial charge in [0.05, 0.1) is 5.56 Å². The van der Waals surface area contributed by atoms with E-state index in [1.165, 1.54) is 32.1 Å². The molecule has 0 N–H and O–H groups in total. The molecule has 6 nitrogen and oxygen atoms in total. The second-order valence-electron chi connectivity index (χ2n) is 7.52. The van der Waals surface area contributed by atoms with Crippen molar-refractivity contribution in [1.82, 2.24) is 24.6 Å². The standard InChI is InChI=1S/C18H21N5O/c24-17(13-3-1-8-19-9-13)22-10-15(18(11-22)6-2-7-18)16-21-20-12-23(16)14-4-5-14/h1,3,8-9,12,14-15H,2,4-7,10-11H2. The van der Waals surface area contributed by atoms with Gasteiger partial charge in [-0.15, -0.1) is 10.2 Å². The minimum absolute atomic E-state index is 0.0920. The average Bonchev–Trinajstić information content (AvgIpc) is 3.17. The molecular formula is C18H21N5O. The van der Waals surface area contributed by atoms with Crippen molar-refractivity contribution in [2.45, 2.75) is 44.1 Å². The SMILES string of the molecule is O=C(c1cccnc1)N1CC(c2nncn2C2CC2)C2(CCC2)C1. The number of carbonyl (C=O) groups is 1. The van der Waals surface area contributed by atoms with Crippen molar-refractivity contribution in [2.24, 2.45) is 5.41 Å². The summed E-state index contributed by atoms with van der Waals surface area (Å²) < 4.78 is 2.27. The highest BCUT2D eigenvalue weighted by Crippen LogP contribution is 2.56. The molecule has 5 rings (SSSR count). The molecule has 3 aliphatic rings. The summed E-state index contributed by atoms with van der Waals surface area (Å²) in [6.45, 7) is 1.59. The van der Waals surface area contributed by atoms with Crippen LogP contribution < -0.4 is 0 Å². The van der Waals surface area contributed by atoms with Gasteiger partial charge in [0.2, 0.25) is 0 Å². The maximum atomic E-state index is 12.9. The van der Waals surface area contributed by atoms with Gasteiger partial charge < -0.3 is 9.47 Å². The average molecular weight is 323 g/mol. The van der Waals surface area contributed by atoms with Gasteiger partial charge in [0.1, 0.15) is 12.2 Å². The number of hydrogen-bond acceptors (Lipinski definition) is 4. The van der Waals surface area contributed by atoms with Crippen LogP contribution in [0.4, 0.5) is 0 Å². The molecule has 1 saturated heterocycles. The molecule has 0 aromatic carbocycles. The van der Waals surface area contributed by atoms with Gasteiger partial charge in [-0.1, -0.05) is 6.42 Å². The smallest absolute Gasteiger partial charge is 0.255 e. The van der Waals surface area contributed by atoms with Gasteiger partial charge in [0, 0.05) is 37.4 Å². The van der Waals surface area contributed by atoms with Crippen LogP contribution in [-0.4, -0.2) is 43.6 Å². The Morgan fingerprint density at radius 2 is 2.17 bits per heavy atom. The van der Waals surface area contributed by atoms with E-state index < -0.39 is 0 Å². The molecule has 2 aliphatic carbocycles. The predicted octanol–water partition coefficient (Wildman–Crippen LogP) is 2.42. The Labute approximate surface area is 140 Å². The van der Waals surface area contributed by atoms with Crippen LogP contribution in [0.1, 0.15) is 60.2 Å². The molecule has 1 aliphatic heterocycles. The minimum Gasteiger partial charge on any atom is -0.337 e. The van der Waals surface area contributed by atoms with E-state index in [9.17, 15) is 4.79 Å².